The van der Waals surface area contributed by atoms with Gasteiger partial charge in [-0.3, -0.25) is 19.9 Å². The predicted molar refractivity (Wildman–Crippen MR) is 96.7 cm³/mol. The molecule has 3 aromatic rings. The van der Waals surface area contributed by atoms with Gasteiger partial charge in [0.25, 0.3) is 5.69 Å². The van der Waals surface area contributed by atoms with Gasteiger partial charge in [0.1, 0.15) is 5.69 Å². The number of hydrogen-bond acceptors (Lipinski definition) is 7. The topological polar surface area (TPSA) is 116 Å². The van der Waals surface area contributed by atoms with Gasteiger partial charge in [-0.1, -0.05) is 23.9 Å². The minimum Gasteiger partial charge on any atom is -0.320 e. The van der Waals surface area contributed by atoms with E-state index in [1.165, 1.54) is 23.9 Å². The molecule has 0 aliphatic heterocycles. The van der Waals surface area contributed by atoms with Gasteiger partial charge in [0.15, 0.2) is 11.0 Å². The van der Waals surface area contributed by atoms with Crippen LogP contribution in [0.15, 0.2) is 53.9 Å². The molecular formula is C16H14N6O3S. The van der Waals surface area contributed by atoms with Gasteiger partial charge in [0, 0.05) is 31.1 Å². The Morgan fingerprint density at radius 1 is 1.23 bits per heavy atom. The van der Waals surface area contributed by atoms with E-state index in [0.717, 1.165) is 5.56 Å². The number of aromatic nitrogens is 4. The Labute approximate surface area is 152 Å². The summed E-state index contributed by atoms with van der Waals surface area (Å²) in [6.45, 7) is 0. The Hall–Kier alpha value is -3.27. The van der Waals surface area contributed by atoms with E-state index in [9.17, 15) is 14.9 Å². The fourth-order valence-electron chi connectivity index (χ4n) is 2.25. The highest BCUT2D eigenvalue weighted by Gasteiger charge is 2.16. The highest BCUT2D eigenvalue weighted by molar-refractivity contribution is 7.99. The van der Waals surface area contributed by atoms with Gasteiger partial charge < -0.3 is 9.88 Å². The van der Waals surface area contributed by atoms with Gasteiger partial charge in [-0.25, -0.2) is 0 Å². The van der Waals surface area contributed by atoms with E-state index < -0.39 is 4.92 Å². The number of amides is 1. The second-order valence-corrected chi connectivity index (χ2v) is 6.15. The van der Waals surface area contributed by atoms with Crippen molar-refractivity contribution in [3.05, 3.63) is 58.9 Å². The van der Waals surface area contributed by atoms with Crippen molar-refractivity contribution >= 4 is 29.0 Å². The minimum atomic E-state index is -0.535. The third kappa shape index (κ3) is 3.86. The highest BCUT2D eigenvalue weighted by Crippen LogP contribution is 2.25. The van der Waals surface area contributed by atoms with Crippen molar-refractivity contribution in [1.82, 2.24) is 19.7 Å². The highest BCUT2D eigenvalue weighted by atomic mass is 32.2. The van der Waals surface area contributed by atoms with Crippen molar-refractivity contribution in [2.45, 2.75) is 5.16 Å². The molecule has 2 aromatic heterocycles. The van der Waals surface area contributed by atoms with Crippen molar-refractivity contribution in [2.75, 3.05) is 11.1 Å². The summed E-state index contributed by atoms with van der Waals surface area (Å²) >= 11 is 1.20. The molecule has 0 atom stereocenters. The molecule has 1 aromatic carbocycles. The summed E-state index contributed by atoms with van der Waals surface area (Å²) in [6.07, 6.45) is 3.33. The van der Waals surface area contributed by atoms with E-state index in [0.29, 0.717) is 11.0 Å². The van der Waals surface area contributed by atoms with Crippen molar-refractivity contribution in [3.8, 4) is 11.4 Å². The summed E-state index contributed by atoms with van der Waals surface area (Å²) in [6, 6.07) is 9.64. The van der Waals surface area contributed by atoms with Crippen molar-refractivity contribution in [2.24, 2.45) is 7.05 Å². The molecule has 0 saturated heterocycles. The monoisotopic (exact) mass is 370 g/mol. The summed E-state index contributed by atoms with van der Waals surface area (Å²) in [7, 11) is 1.80. The normalized spacial score (nSPS) is 10.5. The second-order valence-electron chi connectivity index (χ2n) is 5.21. The number of rotatable bonds is 6. The van der Waals surface area contributed by atoms with Crippen LogP contribution in [0.3, 0.4) is 0 Å². The molecule has 10 heteroatoms. The molecule has 0 spiro atoms. The van der Waals surface area contributed by atoms with Gasteiger partial charge in [-0.15, -0.1) is 10.2 Å². The molecule has 132 valence electrons. The fraction of sp³-hybridized carbons (Fsp3) is 0.125. The summed E-state index contributed by atoms with van der Waals surface area (Å²) in [5.74, 6) is 0.348. The van der Waals surface area contributed by atoms with Gasteiger partial charge >= 0.3 is 0 Å². The van der Waals surface area contributed by atoms with Crippen LogP contribution >= 0.6 is 11.8 Å². The van der Waals surface area contributed by atoms with Crippen molar-refractivity contribution in [3.63, 3.8) is 0 Å². The molecule has 9 nitrogen and oxygen atoms in total. The molecule has 3 rings (SSSR count). The van der Waals surface area contributed by atoms with Crippen LogP contribution in [-0.2, 0) is 11.8 Å². The third-order valence-electron chi connectivity index (χ3n) is 3.48. The zero-order valence-electron chi connectivity index (χ0n) is 13.7. The quantitative estimate of drug-likeness (QED) is 0.402. The van der Waals surface area contributed by atoms with E-state index >= 15 is 0 Å². The zero-order valence-corrected chi connectivity index (χ0v) is 14.5. The van der Waals surface area contributed by atoms with Crippen LogP contribution in [-0.4, -0.2) is 36.3 Å². The number of carbonyl (C=O) groups excluding carboxylic acids is 1. The Balaban J connectivity index is 1.66. The third-order valence-corrected chi connectivity index (χ3v) is 4.50. The van der Waals surface area contributed by atoms with E-state index in [-0.39, 0.29) is 23.0 Å². The van der Waals surface area contributed by atoms with Crippen molar-refractivity contribution < 1.29 is 9.72 Å². The van der Waals surface area contributed by atoms with Crippen LogP contribution in [0.1, 0.15) is 0 Å². The molecular weight excluding hydrogens is 356 g/mol. The SMILES string of the molecule is Cn1c(SCC(=O)Nc2ccccc2[N+](=O)[O-])nnc1-c1ccncc1. The molecule has 2 heterocycles. The zero-order chi connectivity index (χ0) is 18.5. The lowest BCUT2D eigenvalue weighted by molar-refractivity contribution is -0.383. The summed E-state index contributed by atoms with van der Waals surface area (Å²) < 4.78 is 1.78. The molecule has 26 heavy (non-hydrogen) atoms. The summed E-state index contributed by atoms with van der Waals surface area (Å²) in [5, 5.41) is 22.3. The number of nitrogens with zero attached hydrogens (tertiary/aromatic N) is 5. The van der Waals surface area contributed by atoms with Crippen LogP contribution in [0.5, 0.6) is 0 Å². The Kier molecular flexibility index (Phi) is 5.23. The molecule has 1 amide bonds. The maximum absolute atomic E-state index is 12.1. The van der Waals surface area contributed by atoms with E-state index in [1.807, 2.05) is 12.1 Å². The van der Waals surface area contributed by atoms with Crippen LogP contribution in [0.2, 0.25) is 0 Å². The van der Waals surface area contributed by atoms with Crippen LogP contribution in [0.4, 0.5) is 11.4 Å². The van der Waals surface area contributed by atoms with E-state index in [1.54, 1.807) is 36.1 Å². The first-order valence-electron chi connectivity index (χ1n) is 7.52. The lowest BCUT2D eigenvalue weighted by Crippen LogP contribution is -2.15. The average Bonchev–Trinajstić information content (AvgIpc) is 3.01. The Morgan fingerprint density at radius 3 is 2.69 bits per heavy atom. The number of benzene rings is 1. The number of nitro groups is 1. The molecule has 0 radical (unpaired) electrons. The molecule has 1 N–H and O–H groups in total. The maximum Gasteiger partial charge on any atom is 0.292 e. The minimum absolute atomic E-state index is 0.0500. The second kappa shape index (κ2) is 7.74. The molecule has 0 bridgehead atoms. The van der Waals surface area contributed by atoms with E-state index in [4.69, 9.17) is 0 Å². The number of pyridine rings is 1. The Morgan fingerprint density at radius 2 is 1.96 bits per heavy atom. The molecule has 0 unspecified atom stereocenters. The van der Waals surface area contributed by atoms with Gasteiger partial charge in [-0.05, 0) is 18.2 Å². The Bertz CT molecular complexity index is 944. The predicted octanol–water partition coefficient (Wildman–Crippen LogP) is 2.52. The van der Waals surface area contributed by atoms with E-state index in [2.05, 4.69) is 20.5 Å². The smallest absolute Gasteiger partial charge is 0.292 e. The first-order chi connectivity index (χ1) is 12.6. The number of hydrogen-bond donors (Lipinski definition) is 1. The molecule has 0 saturated carbocycles. The van der Waals surface area contributed by atoms with Gasteiger partial charge in [-0.2, -0.15) is 0 Å². The fourth-order valence-corrected chi connectivity index (χ4v) is 2.96. The average molecular weight is 370 g/mol. The number of thioether (sulfide) groups is 1. The molecule has 0 aliphatic rings. The van der Waals surface area contributed by atoms with Crippen LogP contribution in [0, 0.1) is 10.1 Å². The standard InChI is InChI=1S/C16H14N6O3S/c1-21-15(11-6-8-17-9-7-11)19-20-16(21)26-10-14(23)18-12-4-2-3-5-13(12)22(24)25/h2-9H,10H2,1H3,(H,18,23). The number of anilines is 1. The molecule has 0 fully saturated rings. The lowest BCUT2D eigenvalue weighted by atomic mass is 10.2. The van der Waals surface area contributed by atoms with Crippen LogP contribution < -0.4 is 5.32 Å². The number of nitrogens with one attached hydrogen (secondary N) is 1. The number of nitro benzene ring substituents is 1. The molecule has 0 aliphatic carbocycles. The van der Waals surface area contributed by atoms with Gasteiger partial charge in [0.2, 0.25) is 5.91 Å². The lowest BCUT2D eigenvalue weighted by Gasteiger charge is -2.06. The van der Waals surface area contributed by atoms with Crippen LogP contribution in [0.25, 0.3) is 11.4 Å². The summed E-state index contributed by atoms with van der Waals surface area (Å²) in [4.78, 5) is 26.5. The number of para-hydroxylation sites is 2. The largest absolute Gasteiger partial charge is 0.320 e. The maximum atomic E-state index is 12.1. The van der Waals surface area contributed by atoms with Gasteiger partial charge in [0.05, 0.1) is 10.7 Å². The first kappa shape index (κ1) is 17.5. The van der Waals surface area contributed by atoms with Crippen molar-refractivity contribution in [1.29, 1.82) is 0 Å². The first-order valence-corrected chi connectivity index (χ1v) is 8.50. The summed E-state index contributed by atoms with van der Waals surface area (Å²) in [5.41, 5.74) is 0.884. The number of carbonyl (C=O) groups is 1.